The van der Waals surface area contributed by atoms with Gasteiger partial charge in [-0.05, 0) is 30.2 Å². The van der Waals surface area contributed by atoms with E-state index < -0.39 is 0 Å². The highest BCUT2D eigenvalue weighted by Crippen LogP contribution is 2.31. The van der Waals surface area contributed by atoms with Crippen LogP contribution in [0.3, 0.4) is 0 Å². The lowest BCUT2D eigenvalue weighted by Crippen LogP contribution is -2.39. The highest BCUT2D eigenvalue weighted by atomic mass is 16.2. The molecule has 0 unspecified atom stereocenters. The maximum Gasteiger partial charge on any atom is 0.225 e. The molecule has 6 heteroatoms. The average Bonchev–Trinajstić information content (AvgIpc) is 2.88. The third-order valence-corrected chi connectivity index (χ3v) is 4.29. The topological polar surface area (TPSA) is 75.2 Å². The lowest BCUT2D eigenvalue weighted by atomic mass is 10.0. The van der Waals surface area contributed by atoms with Gasteiger partial charge in [-0.15, -0.1) is 0 Å². The first-order valence-electron chi connectivity index (χ1n) is 8.00. The first-order chi connectivity index (χ1) is 11.6. The van der Waals surface area contributed by atoms with Crippen LogP contribution in [0.5, 0.6) is 0 Å². The van der Waals surface area contributed by atoms with Crippen LogP contribution < -0.4 is 5.32 Å². The summed E-state index contributed by atoms with van der Waals surface area (Å²) in [5, 5.41) is 3.00. The molecule has 0 aliphatic carbocycles. The van der Waals surface area contributed by atoms with E-state index in [0.717, 1.165) is 11.3 Å². The van der Waals surface area contributed by atoms with Gasteiger partial charge in [-0.2, -0.15) is 0 Å². The van der Waals surface area contributed by atoms with E-state index in [9.17, 15) is 9.59 Å². The van der Waals surface area contributed by atoms with E-state index in [1.165, 1.54) is 0 Å². The molecule has 2 aromatic rings. The van der Waals surface area contributed by atoms with E-state index in [-0.39, 0.29) is 23.9 Å². The predicted molar refractivity (Wildman–Crippen MR) is 88.9 cm³/mol. The van der Waals surface area contributed by atoms with Gasteiger partial charge in [0.05, 0.1) is 12.1 Å². The minimum Gasteiger partial charge on any atom is -0.350 e. The highest BCUT2D eigenvalue weighted by Gasteiger charge is 2.39. The Morgan fingerprint density at radius 3 is 2.88 bits per heavy atom. The third-order valence-electron chi connectivity index (χ3n) is 4.29. The number of likely N-dealkylation sites (tertiary alicyclic amines) is 1. The van der Waals surface area contributed by atoms with Crippen LogP contribution in [-0.4, -0.2) is 39.8 Å². The predicted octanol–water partition coefficient (Wildman–Crippen LogP) is 1.50. The first kappa shape index (κ1) is 16.1. The summed E-state index contributed by atoms with van der Waals surface area (Å²) >= 11 is 0. The Hall–Kier alpha value is -2.76. The molecule has 1 saturated heterocycles. The fourth-order valence-electron chi connectivity index (χ4n) is 3.07. The Morgan fingerprint density at radius 1 is 1.29 bits per heavy atom. The molecule has 124 valence electrons. The van der Waals surface area contributed by atoms with Crippen molar-refractivity contribution in [2.24, 2.45) is 0 Å². The molecule has 24 heavy (non-hydrogen) atoms. The molecular weight excluding hydrogens is 304 g/mol. The van der Waals surface area contributed by atoms with E-state index in [4.69, 9.17) is 0 Å². The summed E-state index contributed by atoms with van der Waals surface area (Å²) in [6.07, 6.45) is 6.40. The van der Waals surface area contributed by atoms with Gasteiger partial charge < -0.3 is 10.2 Å². The number of hydrogen-bond donors (Lipinski definition) is 1. The Labute approximate surface area is 140 Å². The standard InChI is InChI=1S/C18H20N4O2/c1-22-17(24)11-15(18(22)13-5-4-9-19-12-13)21-16(23)8-7-14-6-2-3-10-20-14/h2-6,9-10,12,15,18H,7-8,11H2,1H3,(H,21,23)/t15-,18+/m1/s1. The van der Waals surface area contributed by atoms with Gasteiger partial charge in [-0.1, -0.05) is 12.1 Å². The van der Waals surface area contributed by atoms with Crippen LogP contribution in [0.4, 0.5) is 0 Å². The summed E-state index contributed by atoms with van der Waals surface area (Å²) in [5.74, 6) is -0.0403. The number of likely N-dealkylation sites (N-methyl/N-ethyl adjacent to an activating group) is 1. The number of nitrogens with zero attached hydrogens (tertiary/aromatic N) is 3. The van der Waals surface area contributed by atoms with Crippen molar-refractivity contribution in [3.05, 3.63) is 60.2 Å². The molecule has 3 heterocycles. The van der Waals surface area contributed by atoms with Crippen molar-refractivity contribution in [2.45, 2.75) is 31.3 Å². The molecule has 0 saturated carbocycles. The largest absolute Gasteiger partial charge is 0.350 e. The molecule has 3 rings (SSSR count). The fourth-order valence-corrected chi connectivity index (χ4v) is 3.07. The van der Waals surface area contributed by atoms with Crippen LogP contribution in [-0.2, 0) is 16.0 Å². The second-order valence-corrected chi connectivity index (χ2v) is 5.94. The molecule has 1 aliphatic heterocycles. The van der Waals surface area contributed by atoms with Crippen LogP contribution in [0.15, 0.2) is 48.9 Å². The van der Waals surface area contributed by atoms with Crippen molar-refractivity contribution in [1.29, 1.82) is 0 Å². The molecule has 0 bridgehead atoms. The Morgan fingerprint density at radius 2 is 2.17 bits per heavy atom. The van der Waals surface area contributed by atoms with Gasteiger partial charge in [-0.3, -0.25) is 19.6 Å². The van der Waals surface area contributed by atoms with Gasteiger partial charge in [0.2, 0.25) is 11.8 Å². The van der Waals surface area contributed by atoms with Gasteiger partial charge in [-0.25, -0.2) is 0 Å². The molecule has 1 fully saturated rings. The number of hydrogen-bond acceptors (Lipinski definition) is 4. The van der Waals surface area contributed by atoms with Crippen molar-refractivity contribution < 1.29 is 9.59 Å². The van der Waals surface area contributed by atoms with Gasteiger partial charge >= 0.3 is 0 Å². The van der Waals surface area contributed by atoms with E-state index in [2.05, 4.69) is 15.3 Å². The number of amides is 2. The summed E-state index contributed by atoms with van der Waals surface area (Å²) in [6, 6.07) is 9.02. The van der Waals surface area contributed by atoms with Crippen molar-refractivity contribution in [1.82, 2.24) is 20.2 Å². The number of carbonyl (C=O) groups is 2. The fraction of sp³-hybridized carbons (Fsp3) is 0.333. The number of carbonyl (C=O) groups excluding carboxylic acids is 2. The summed E-state index contributed by atoms with van der Waals surface area (Å²) in [6.45, 7) is 0. The lowest BCUT2D eigenvalue weighted by Gasteiger charge is -2.25. The van der Waals surface area contributed by atoms with Crippen molar-refractivity contribution in [2.75, 3.05) is 7.05 Å². The van der Waals surface area contributed by atoms with Gasteiger partial charge in [0.25, 0.3) is 0 Å². The Kier molecular flexibility index (Phi) is 4.84. The molecule has 1 aliphatic rings. The van der Waals surface area contributed by atoms with Crippen LogP contribution in [0.1, 0.15) is 30.1 Å². The quantitative estimate of drug-likeness (QED) is 0.904. The second-order valence-electron chi connectivity index (χ2n) is 5.94. The Bertz CT molecular complexity index is 705. The molecule has 0 spiro atoms. The number of rotatable bonds is 5. The van der Waals surface area contributed by atoms with E-state index in [1.54, 1.807) is 30.5 Å². The average molecular weight is 324 g/mol. The normalized spacial score (nSPS) is 20.2. The molecule has 2 amide bonds. The second kappa shape index (κ2) is 7.21. The molecule has 0 aromatic carbocycles. The highest BCUT2D eigenvalue weighted by molar-refractivity contribution is 5.83. The van der Waals surface area contributed by atoms with Gasteiger partial charge in [0.15, 0.2) is 0 Å². The molecular formula is C18H20N4O2. The lowest BCUT2D eigenvalue weighted by molar-refractivity contribution is -0.127. The van der Waals surface area contributed by atoms with Crippen LogP contribution in [0.25, 0.3) is 0 Å². The maximum absolute atomic E-state index is 12.3. The van der Waals surface area contributed by atoms with Gasteiger partial charge in [0, 0.05) is 44.2 Å². The van der Waals surface area contributed by atoms with E-state index in [1.807, 2.05) is 30.3 Å². The Balaban J connectivity index is 1.64. The molecule has 2 aromatic heterocycles. The van der Waals surface area contributed by atoms with Gasteiger partial charge in [0.1, 0.15) is 0 Å². The molecule has 2 atom stereocenters. The van der Waals surface area contributed by atoms with E-state index >= 15 is 0 Å². The minimum absolute atomic E-state index is 0.0267. The number of aromatic nitrogens is 2. The monoisotopic (exact) mass is 324 g/mol. The summed E-state index contributed by atoms with van der Waals surface area (Å²) in [7, 11) is 1.76. The zero-order chi connectivity index (χ0) is 16.9. The number of aryl methyl sites for hydroxylation is 1. The summed E-state index contributed by atoms with van der Waals surface area (Å²) < 4.78 is 0. The number of nitrogens with one attached hydrogen (secondary N) is 1. The van der Waals surface area contributed by atoms with Crippen molar-refractivity contribution in [3.63, 3.8) is 0 Å². The summed E-state index contributed by atoms with van der Waals surface area (Å²) in [4.78, 5) is 34.4. The maximum atomic E-state index is 12.3. The van der Waals surface area contributed by atoms with Crippen LogP contribution in [0, 0.1) is 0 Å². The van der Waals surface area contributed by atoms with Crippen molar-refractivity contribution in [3.8, 4) is 0 Å². The molecule has 6 nitrogen and oxygen atoms in total. The first-order valence-corrected chi connectivity index (χ1v) is 8.00. The van der Waals surface area contributed by atoms with E-state index in [0.29, 0.717) is 19.3 Å². The minimum atomic E-state index is -0.233. The zero-order valence-corrected chi connectivity index (χ0v) is 13.6. The van der Waals surface area contributed by atoms with Crippen molar-refractivity contribution >= 4 is 11.8 Å². The zero-order valence-electron chi connectivity index (χ0n) is 13.6. The third kappa shape index (κ3) is 3.59. The molecule has 1 N–H and O–H groups in total. The van der Waals surface area contributed by atoms with Crippen LogP contribution >= 0.6 is 0 Å². The SMILES string of the molecule is CN1C(=O)C[C@@H](NC(=O)CCc2ccccn2)[C@@H]1c1cccnc1. The van der Waals surface area contributed by atoms with Crippen LogP contribution in [0.2, 0.25) is 0 Å². The molecule has 0 radical (unpaired) electrons. The number of pyridine rings is 2. The summed E-state index contributed by atoms with van der Waals surface area (Å²) in [5.41, 5.74) is 1.82. The smallest absolute Gasteiger partial charge is 0.225 e.